The molecule has 1 fully saturated rings. The van der Waals surface area contributed by atoms with E-state index in [9.17, 15) is 4.39 Å². The van der Waals surface area contributed by atoms with Gasteiger partial charge in [-0.25, -0.2) is 4.39 Å². The molecule has 0 aromatic heterocycles. The molecule has 0 amide bonds. The number of unbranched alkanes of at least 4 members (excludes halogenated alkanes) is 1. The maximum absolute atomic E-state index is 13.0. The first-order chi connectivity index (χ1) is 8.79. The molecule has 0 spiro atoms. The summed E-state index contributed by atoms with van der Waals surface area (Å²) in [4.78, 5) is 2.57. The third kappa shape index (κ3) is 4.30. The van der Waals surface area contributed by atoms with E-state index in [1.54, 1.807) is 12.1 Å². The topological polar surface area (TPSA) is 15.3 Å². The van der Waals surface area contributed by atoms with Crippen LogP contribution >= 0.6 is 0 Å². The number of nitrogens with one attached hydrogen (secondary N) is 1. The standard InChI is InChI=1S/C15H23FN2/c1-2-3-10-18(15-7-8-15)11-9-17-14-6-4-5-13(16)12-14/h4-6,12,15,17H,2-3,7-11H2,1H3. The summed E-state index contributed by atoms with van der Waals surface area (Å²) in [5.74, 6) is -0.176. The average Bonchev–Trinajstić information content (AvgIpc) is 3.18. The van der Waals surface area contributed by atoms with Crippen LogP contribution in [0.25, 0.3) is 0 Å². The van der Waals surface area contributed by atoms with Crippen molar-refractivity contribution in [1.82, 2.24) is 4.90 Å². The van der Waals surface area contributed by atoms with Gasteiger partial charge in [0.15, 0.2) is 0 Å². The summed E-state index contributed by atoms with van der Waals surface area (Å²) < 4.78 is 13.0. The largest absolute Gasteiger partial charge is 0.384 e. The van der Waals surface area contributed by atoms with Gasteiger partial charge in [0.1, 0.15) is 5.82 Å². The van der Waals surface area contributed by atoms with Gasteiger partial charge in [0, 0.05) is 24.8 Å². The molecule has 18 heavy (non-hydrogen) atoms. The third-order valence-electron chi connectivity index (χ3n) is 3.41. The van der Waals surface area contributed by atoms with Crippen molar-refractivity contribution in [2.24, 2.45) is 0 Å². The molecule has 0 heterocycles. The zero-order chi connectivity index (χ0) is 12.8. The Morgan fingerprint density at radius 1 is 1.33 bits per heavy atom. The second-order valence-corrected chi connectivity index (χ2v) is 5.06. The highest BCUT2D eigenvalue weighted by atomic mass is 19.1. The van der Waals surface area contributed by atoms with Crippen molar-refractivity contribution in [2.75, 3.05) is 25.0 Å². The van der Waals surface area contributed by atoms with Crippen LogP contribution in [0.1, 0.15) is 32.6 Å². The van der Waals surface area contributed by atoms with Gasteiger partial charge in [-0.1, -0.05) is 19.4 Å². The highest BCUT2D eigenvalue weighted by Crippen LogP contribution is 2.26. The van der Waals surface area contributed by atoms with Crippen LogP contribution in [0.4, 0.5) is 10.1 Å². The van der Waals surface area contributed by atoms with E-state index in [0.29, 0.717) is 0 Å². The van der Waals surface area contributed by atoms with Crippen LogP contribution in [0.3, 0.4) is 0 Å². The van der Waals surface area contributed by atoms with E-state index in [4.69, 9.17) is 0 Å². The van der Waals surface area contributed by atoms with Gasteiger partial charge in [-0.05, 0) is 44.0 Å². The van der Waals surface area contributed by atoms with E-state index in [1.807, 2.05) is 6.07 Å². The Bertz CT molecular complexity index is 363. The van der Waals surface area contributed by atoms with Crippen molar-refractivity contribution in [3.05, 3.63) is 30.1 Å². The summed E-state index contributed by atoms with van der Waals surface area (Å²) in [6, 6.07) is 7.49. The molecule has 1 aliphatic carbocycles. The normalized spacial score (nSPS) is 15.1. The van der Waals surface area contributed by atoms with Gasteiger partial charge < -0.3 is 5.32 Å². The number of benzene rings is 1. The smallest absolute Gasteiger partial charge is 0.125 e. The second kappa shape index (κ2) is 6.74. The fourth-order valence-electron chi connectivity index (χ4n) is 2.22. The first kappa shape index (κ1) is 13.3. The Labute approximate surface area is 109 Å². The van der Waals surface area contributed by atoms with Crippen molar-refractivity contribution in [2.45, 2.75) is 38.6 Å². The van der Waals surface area contributed by atoms with Gasteiger partial charge in [0.2, 0.25) is 0 Å². The molecule has 2 nitrogen and oxygen atoms in total. The molecule has 0 atom stereocenters. The van der Waals surface area contributed by atoms with Gasteiger partial charge in [0.05, 0.1) is 0 Å². The van der Waals surface area contributed by atoms with E-state index in [0.717, 1.165) is 24.8 Å². The maximum Gasteiger partial charge on any atom is 0.125 e. The minimum atomic E-state index is -0.176. The predicted molar refractivity (Wildman–Crippen MR) is 74.4 cm³/mol. The number of hydrogen-bond acceptors (Lipinski definition) is 2. The van der Waals surface area contributed by atoms with Crippen molar-refractivity contribution in [3.8, 4) is 0 Å². The van der Waals surface area contributed by atoms with E-state index in [2.05, 4.69) is 17.1 Å². The lowest BCUT2D eigenvalue weighted by Crippen LogP contribution is -2.32. The molecule has 2 rings (SSSR count). The Hall–Kier alpha value is -1.09. The van der Waals surface area contributed by atoms with Crippen molar-refractivity contribution < 1.29 is 4.39 Å². The summed E-state index contributed by atoms with van der Waals surface area (Å²) in [5.41, 5.74) is 0.876. The molecule has 3 heteroatoms. The minimum absolute atomic E-state index is 0.176. The Kier molecular flexibility index (Phi) is 5.00. The first-order valence-electron chi connectivity index (χ1n) is 7.03. The van der Waals surface area contributed by atoms with E-state index in [1.165, 1.54) is 38.3 Å². The third-order valence-corrected chi connectivity index (χ3v) is 3.41. The number of halogens is 1. The number of hydrogen-bond donors (Lipinski definition) is 1. The fraction of sp³-hybridized carbons (Fsp3) is 0.600. The summed E-state index contributed by atoms with van der Waals surface area (Å²) >= 11 is 0. The van der Waals surface area contributed by atoms with Crippen LogP contribution in [-0.2, 0) is 0 Å². The number of anilines is 1. The van der Waals surface area contributed by atoms with Crippen LogP contribution < -0.4 is 5.32 Å². The van der Waals surface area contributed by atoms with Crippen LogP contribution in [0, 0.1) is 5.82 Å². The van der Waals surface area contributed by atoms with Gasteiger partial charge in [-0.3, -0.25) is 4.90 Å². The van der Waals surface area contributed by atoms with E-state index in [-0.39, 0.29) is 5.82 Å². The molecule has 0 bridgehead atoms. The quantitative estimate of drug-likeness (QED) is 0.759. The highest BCUT2D eigenvalue weighted by molar-refractivity contribution is 5.42. The average molecular weight is 250 g/mol. The summed E-state index contributed by atoms with van der Waals surface area (Å²) in [6.07, 6.45) is 5.23. The van der Waals surface area contributed by atoms with Gasteiger partial charge in [-0.15, -0.1) is 0 Å². The zero-order valence-corrected chi connectivity index (χ0v) is 11.2. The highest BCUT2D eigenvalue weighted by Gasteiger charge is 2.27. The fourth-order valence-corrected chi connectivity index (χ4v) is 2.22. The molecule has 1 aromatic rings. The van der Waals surface area contributed by atoms with E-state index >= 15 is 0 Å². The second-order valence-electron chi connectivity index (χ2n) is 5.06. The molecule has 0 aliphatic heterocycles. The minimum Gasteiger partial charge on any atom is -0.384 e. The van der Waals surface area contributed by atoms with E-state index < -0.39 is 0 Å². The van der Waals surface area contributed by atoms with Crippen molar-refractivity contribution >= 4 is 5.69 Å². The summed E-state index contributed by atoms with van der Waals surface area (Å²) in [7, 11) is 0. The molecule has 0 radical (unpaired) electrons. The maximum atomic E-state index is 13.0. The van der Waals surface area contributed by atoms with Crippen molar-refractivity contribution in [3.63, 3.8) is 0 Å². The Morgan fingerprint density at radius 2 is 2.17 bits per heavy atom. The molecule has 1 aliphatic rings. The number of nitrogens with zero attached hydrogens (tertiary/aromatic N) is 1. The molecule has 0 saturated heterocycles. The van der Waals surface area contributed by atoms with Crippen LogP contribution in [0.15, 0.2) is 24.3 Å². The Morgan fingerprint density at radius 3 is 2.83 bits per heavy atom. The monoisotopic (exact) mass is 250 g/mol. The van der Waals surface area contributed by atoms with Crippen molar-refractivity contribution in [1.29, 1.82) is 0 Å². The van der Waals surface area contributed by atoms with Crippen LogP contribution in [0.2, 0.25) is 0 Å². The predicted octanol–water partition coefficient (Wildman–Crippen LogP) is 3.50. The first-order valence-corrected chi connectivity index (χ1v) is 7.03. The lowest BCUT2D eigenvalue weighted by Gasteiger charge is -2.22. The lowest BCUT2D eigenvalue weighted by molar-refractivity contribution is 0.269. The van der Waals surface area contributed by atoms with Crippen LogP contribution in [-0.4, -0.2) is 30.6 Å². The molecular formula is C15H23FN2. The summed E-state index contributed by atoms with van der Waals surface area (Å²) in [5, 5.41) is 3.29. The van der Waals surface area contributed by atoms with Gasteiger partial charge in [0.25, 0.3) is 0 Å². The Balaban J connectivity index is 1.72. The molecule has 0 unspecified atom stereocenters. The van der Waals surface area contributed by atoms with Gasteiger partial charge >= 0.3 is 0 Å². The molecule has 1 N–H and O–H groups in total. The SMILES string of the molecule is CCCCN(CCNc1cccc(F)c1)C1CC1. The molecule has 1 aromatic carbocycles. The van der Waals surface area contributed by atoms with Crippen LogP contribution in [0.5, 0.6) is 0 Å². The van der Waals surface area contributed by atoms with Gasteiger partial charge in [-0.2, -0.15) is 0 Å². The zero-order valence-electron chi connectivity index (χ0n) is 11.2. The number of rotatable bonds is 8. The molecule has 1 saturated carbocycles. The summed E-state index contributed by atoms with van der Waals surface area (Å²) in [6.45, 7) is 5.38. The lowest BCUT2D eigenvalue weighted by atomic mass is 10.3. The molecular weight excluding hydrogens is 227 g/mol. The molecule has 100 valence electrons.